The fourth-order valence-electron chi connectivity index (χ4n) is 3.67. The van der Waals surface area contributed by atoms with Gasteiger partial charge in [0.1, 0.15) is 15.2 Å². The van der Waals surface area contributed by atoms with Gasteiger partial charge in [0, 0.05) is 16.2 Å². The van der Waals surface area contributed by atoms with Gasteiger partial charge in [0.25, 0.3) is 0 Å². The summed E-state index contributed by atoms with van der Waals surface area (Å²) in [5.74, 6) is -0.789. The monoisotopic (exact) mass is 459 g/mol. The van der Waals surface area contributed by atoms with Gasteiger partial charge in [-0.3, -0.25) is 0 Å². The van der Waals surface area contributed by atoms with E-state index < -0.39 is 12.1 Å². The van der Waals surface area contributed by atoms with Crippen LogP contribution < -0.4 is 0 Å². The first-order chi connectivity index (χ1) is 13.3. The summed E-state index contributed by atoms with van der Waals surface area (Å²) < 4.78 is 0. The number of thiophene rings is 1. The Labute approximate surface area is 182 Å². The number of carboxylic acid groups (broad SMARTS) is 1. The third-order valence-corrected chi connectivity index (χ3v) is 7.02. The lowest BCUT2D eigenvalue weighted by Crippen LogP contribution is -2.18. The molecule has 2 aromatic heterocycles. The van der Waals surface area contributed by atoms with Crippen LogP contribution in [-0.4, -0.2) is 32.6 Å². The number of aromatic carboxylic acids is 1. The molecule has 1 saturated carbocycles. The van der Waals surface area contributed by atoms with Crippen molar-refractivity contribution in [2.75, 3.05) is 0 Å². The summed E-state index contributed by atoms with van der Waals surface area (Å²) in [5.41, 5.74) is 0.828. The number of aryl methyl sites for hydroxylation is 1. The lowest BCUT2D eigenvalue weighted by Gasteiger charge is -2.20. The smallest absolute Gasteiger partial charge is 0.345 e. The second-order valence-electron chi connectivity index (χ2n) is 6.93. The van der Waals surface area contributed by atoms with E-state index in [0.717, 1.165) is 29.7 Å². The number of hydrogen-bond donors (Lipinski definition) is 2. The Bertz CT molecular complexity index is 850. The molecular formula is C20H20Cl3NO3S. The first kappa shape index (κ1) is 21.6. The molecule has 150 valence electrons. The molecule has 0 bridgehead atoms. The number of hydrogen-bond acceptors (Lipinski definition) is 4. The first-order valence-electron chi connectivity index (χ1n) is 8.99. The van der Waals surface area contributed by atoms with Gasteiger partial charge in [-0.1, -0.05) is 35.4 Å². The van der Waals surface area contributed by atoms with Crippen molar-refractivity contribution < 1.29 is 15.0 Å². The summed E-state index contributed by atoms with van der Waals surface area (Å²) in [4.78, 5) is 16.3. The average Bonchev–Trinajstić information content (AvgIpc) is 3.18. The highest BCUT2D eigenvalue weighted by Crippen LogP contribution is 2.40. The Morgan fingerprint density at radius 2 is 2.00 bits per heavy atom. The molecule has 1 aliphatic rings. The number of rotatable bonds is 7. The van der Waals surface area contributed by atoms with Crippen molar-refractivity contribution in [1.82, 2.24) is 4.98 Å². The van der Waals surface area contributed by atoms with Crippen molar-refractivity contribution in [1.29, 1.82) is 0 Å². The minimum atomic E-state index is -0.891. The van der Waals surface area contributed by atoms with E-state index in [9.17, 15) is 9.90 Å². The van der Waals surface area contributed by atoms with E-state index in [2.05, 4.69) is 4.98 Å². The van der Waals surface area contributed by atoms with Crippen LogP contribution >= 0.6 is 46.1 Å². The third kappa shape index (κ3) is 5.49. The molecule has 1 aliphatic carbocycles. The van der Waals surface area contributed by atoms with Crippen LogP contribution in [0.15, 0.2) is 30.3 Å². The number of pyridine rings is 1. The molecule has 2 aromatic rings. The van der Waals surface area contributed by atoms with Crippen LogP contribution in [0.25, 0.3) is 6.08 Å². The lowest BCUT2D eigenvalue weighted by molar-refractivity contribution is 0.0702. The van der Waals surface area contributed by atoms with Crippen LogP contribution in [0.4, 0.5) is 0 Å². The van der Waals surface area contributed by atoms with Gasteiger partial charge in [0.2, 0.25) is 0 Å². The van der Waals surface area contributed by atoms with Crippen LogP contribution in [-0.2, 0) is 6.42 Å². The molecule has 0 amide bonds. The normalized spacial score (nSPS) is 24.9. The molecule has 0 saturated heterocycles. The van der Waals surface area contributed by atoms with Crippen molar-refractivity contribution in [2.24, 2.45) is 11.8 Å². The molecule has 4 nitrogen and oxygen atoms in total. The number of aromatic nitrogens is 1. The fourth-order valence-corrected chi connectivity index (χ4v) is 5.52. The molecule has 0 aliphatic heterocycles. The minimum Gasteiger partial charge on any atom is -0.477 e. The van der Waals surface area contributed by atoms with Crippen LogP contribution in [0.5, 0.6) is 0 Å². The maximum atomic E-state index is 11.0. The van der Waals surface area contributed by atoms with E-state index in [4.69, 9.17) is 39.9 Å². The highest BCUT2D eigenvalue weighted by atomic mass is 35.5. The van der Waals surface area contributed by atoms with Crippen molar-refractivity contribution in [3.63, 3.8) is 0 Å². The Balaban J connectivity index is 1.62. The standard InChI is InChI=1S/C20H20Cl3NO3S/c21-15-10-16(25)14(6-4-11-8-18(22)24-19(23)9-11)13(15)3-1-2-12-5-7-17(28-12)20(26)27/h4-9,13-16,25H,1-3,10H2,(H,26,27)/b6-4+/t13-,14-,15-,16-/m1/s1. The second-order valence-corrected chi connectivity index (χ2v) is 9.43. The molecule has 0 unspecified atom stereocenters. The number of nitrogens with zero attached hydrogens (tertiary/aromatic N) is 1. The molecule has 2 heterocycles. The molecular weight excluding hydrogens is 441 g/mol. The molecule has 0 aromatic carbocycles. The predicted octanol–water partition coefficient (Wildman–Crippen LogP) is 5.79. The second kappa shape index (κ2) is 9.59. The van der Waals surface area contributed by atoms with Gasteiger partial charge in [0.05, 0.1) is 6.10 Å². The van der Waals surface area contributed by atoms with Crippen molar-refractivity contribution in [3.05, 3.63) is 56.0 Å². The fraction of sp³-hybridized carbons (Fsp3) is 0.400. The zero-order chi connectivity index (χ0) is 20.3. The van der Waals surface area contributed by atoms with Crippen LogP contribution in [0, 0.1) is 11.8 Å². The summed E-state index contributed by atoms with van der Waals surface area (Å²) in [6.07, 6.45) is 6.50. The Morgan fingerprint density at radius 1 is 1.29 bits per heavy atom. The Morgan fingerprint density at radius 3 is 2.64 bits per heavy atom. The summed E-state index contributed by atoms with van der Waals surface area (Å²) in [6.45, 7) is 0. The predicted molar refractivity (Wildman–Crippen MR) is 115 cm³/mol. The van der Waals surface area contributed by atoms with E-state index in [1.807, 2.05) is 18.2 Å². The largest absolute Gasteiger partial charge is 0.477 e. The van der Waals surface area contributed by atoms with E-state index in [1.54, 1.807) is 18.2 Å². The number of alkyl halides is 1. The Hall–Kier alpha value is -1.11. The topological polar surface area (TPSA) is 70.4 Å². The van der Waals surface area contributed by atoms with E-state index in [0.29, 0.717) is 21.6 Å². The zero-order valence-electron chi connectivity index (χ0n) is 14.9. The number of carbonyl (C=O) groups is 1. The molecule has 2 N–H and O–H groups in total. The molecule has 4 atom stereocenters. The summed E-state index contributed by atoms with van der Waals surface area (Å²) in [5, 5.41) is 20.0. The molecule has 0 spiro atoms. The minimum absolute atomic E-state index is 0.0499. The van der Waals surface area contributed by atoms with Gasteiger partial charge >= 0.3 is 5.97 Å². The van der Waals surface area contributed by atoms with E-state index in [-0.39, 0.29) is 17.2 Å². The van der Waals surface area contributed by atoms with Gasteiger partial charge in [0.15, 0.2) is 0 Å². The summed E-state index contributed by atoms with van der Waals surface area (Å²) >= 11 is 19.7. The van der Waals surface area contributed by atoms with Gasteiger partial charge in [-0.2, -0.15) is 0 Å². The van der Waals surface area contributed by atoms with E-state index >= 15 is 0 Å². The number of aliphatic hydroxyl groups is 1. The quantitative estimate of drug-likeness (QED) is 0.405. The van der Waals surface area contributed by atoms with Crippen LogP contribution in [0.1, 0.15) is 39.4 Å². The Kier molecular flexibility index (Phi) is 7.40. The number of carboxylic acids is 1. The van der Waals surface area contributed by atoms with Crippen molar-refractivity contribution in [2.45, 2.75) is 37.2 Å². The molecule has 28 heavy (non-hydrogen) atoms. The average molecular weight is 461 g/mol. The maximum absolute atomic E-state index is 11.0. The molecule has 1 fully saturated rings. The molecule has 0 radical (unpaired) electrons. The van der Waals surface area contributed by atoms with Crippen LogP contribution in [0.2, 0.25) is 10.3 Å². The number of halogens is 3. The summed E-state index contributed by atoms with van der Waals surface area (Å²) in [6, 6.07) is 6.94. The highest BCUT2D eigenvalue weighted by molar-refractivity contribution is 7.13. The highest BCUT2D eigenvalue weighted by Gasteiger charge is 2.39. The molecule has 3 rings (SSSR count). The third-order valence-electron chi connectivity index (χ3n) is 5.00. The van der Waals surface area contributed by atoms with Crippen LogP contribution in [0.3, 0.4) is 0 Å². The van der Waals surface area contributed by atoms with Gasteiger partial charge < -0.3 is 10.2 Å². The lowest BCUT2D eigenvalue weighted by atomic mass is 9.89. The molecule has 8 heteroatoms. The van der Waals surface area contributed by atoms with E-state index in [1.165, 1.54) is 11.3 Å². The summed E-state index contributed by atoms with van der Waals surface area (Å²) in [7, 11) is 0. The SMILES string of the molecule is O=C(O)c1ccc(CCC[C@@H]2[C@@H](/C=C/c3cc(Cl)nc(Cl)c3)[C@H](O)C[C@H]2Cl)s1. The van der Waals surface area contributed by atoms with Gasteiger partial charge in [-0.05, 0) is 61.4 Å². The van der Waals surface area contributed by atoms with Crippen molar-refractivity contribution >= 4 is 58.2 Å². The maximum Gasteiger partial charge on any atom is 0.345 e. The zero-order valence-corrected chi connectivity index (χ0v) is 18.0. The van der Waals surface area contributed by atoms with Gasteiger partial charge in [-0.15, -0.1) is 22.9 Å². The first-order valence-corrected chi connectivity index (χ1v) is 11.0. The van der Waals surface area contributed by atoms with Crippen molar-refractivity contribution in [3.8, 4) is 0 Å². The van der Waals surface area contributed by atoms with Gasteiger partial charge in [-0.25, -0.2) is 9.78 Å². The number of aliphatic hydroxyl groups excluding tert-OH is 1.